The maximum absolute atomic E-state index is 12.5. The van der Waals surface area contributed by atoms with Gasteiger partial charge in [-0.25, -0.2) is 5.10 Å². The number of nitrogens with one attached hydrogen (secondary N) is 1. The van der Waals surface area contributed by atoms with E-state index in [1.54, 1.807) is 17.0 Å². The molecule has 6 heteroatoms. The summed E-state index contributed by atoms with van der Waals surface area (Å²) >= 11 is 0. The summed E-state index contributed by atoms with van der Waals surface area (Å²) in [5.41, 5.74) is 0.368. The number of carbonyl (C=O) groups excluding carboxylic acids is 1. The number of nitrogens with zero attached hydrogens (tertiary/aromatic N) is 2. The number of rotatable bonds is 2. The molecule has 1 aromatic heterocycles. The van der Waals surface area contributed by atoms with E-state index in [4.69, 9.17) is 4.74 Å². The van der Waals surface area contributed by atoms with Gasteiger partial charge in [-0.3, -0.25) is 9.59 Å². The highest BCUT2D eigenvalue weighted by Gasteiger charge is 2.26. The van der Waals surface area contributed by atoms with Crippen molar-refractivity contribution in [2.75, 3.05) is 13.1 Å². The summed E-state index contributed by atoms with van der Waals surface area (Å²) in [7, 11) is 0. The molecule has 3 rings (SSSR count). The van der Waals surface area contributed by atoms with Crippen LogP contribution < -0.4 is 5.56 Å². The molecule has 1 N–H and O–H groups in total. The van der Waals surface area contributed by atoms with Crippen molar-refractivity contribution < 1.29 is 9.53 Å². The van der Waals surface area contributed by atoms with E-state index < -0.39 is 0 Å². The summed E-state index contributed by atoms with van der Waals surface area (Å²) in [6.07, 6.45) is 0.248. The number of aromatic amines is 1. The van der Waals surface area contributed by atoms with Crippen LogP contribution in [0.3, 0.4) is 0 Å². The molecular weight excluding hydrogens is 282 g/mol. The molecule has 1 amide bonds. The van der Waals surface area contributed by atoms with E-state index in [0.29, 0.717) is 24.2 Å². The van der Waals surface area contributed by atoms with Gasteiger partial charge < -0.3 is 9.64 Å². The van der Waals surface area contributed by atoms with E-state index in [-0.39, 0.29) is 30.1 Å². The van der Waals surface area contributed by atoms with Crippen LogP contribution in [0.5, 0.6) is 0 Å². The first kappa shape index (κ1) is 14.7. The third-order valence-corrected chi connectivity index (χ3v) is 3.87. The van der Waals surface area contributed by atoms with Gasteiger partial charge in [-0.15, -0.1) is 0 Å². The maximum Gasteiger partial charge on any atom is 0.272 e. The number of hydrogen-bond acceptors (Lipinski definition) is 4. The molecule has 1 aromatic carbocycles. The largest absolute Gasteiger partial charge is 0.372 e. The zero-order valence-electron chi connectivity index (χ0n) is 12.7. The molecular formula is C16H19N3O3. The highest BCUT2D eigenvalue weighted by Crippen LogP contribution is 2.16. The van der Waals surface area contributed by atoms with Crippen molar-refractivity contribution in [3.63, 3.8) is 0 Å². The van der Waals surface area contributed by atoms with Crippen molar-refractivity contribution in [2.45, 2.75) is 32.5 Å². The lowest BCUT2D eigenvalue weighted by molar-refractivity contribution is -0.142. The van der Waals surface area contributed by atoms with Crippen LogP contribution in [0.15, 0.2) is 29.1 Å². The van der Waals surface area contributed by atoms with Crippen LogP contribution in [0.1, 0.15) is 19.5 Å². The van der Waals surface area contributed by atoms with Crippen LogP contribution >= 0.6 is 0 Å². The molecule has 0 unspecified atom stereocenters. The third-order valence-electron chi connectivity index (χ3n) is 3.87. The van der Waals surface area contributed by atoms with E-state index in [9.17, 15) is 9.59 Å². The van der Waals surface area contributed by atoms with E-state index in [0.717, 1.165) is 5.39 Å². The van der Waals surface area contributed by atoms with Crippen molar-refractivity contribution in [1.29, 1.82) is 0 Å². The SMILES string of the molecule is C[C@H]1CN(C(=O)Cc2n[nH]c(=O)c3ccccc23)C[C@H](C)O1. The van der Waals surface area contributed by atoms with Crippen LogP contribution in [0.4, 0.5) is 0 Å². The van der Waals surface area contributed by atoms with E-state index in [1.807, 2.05) is 26.0 Å². The average Bonchev–Trinajstić information content (AvgIpc) is 2.49. The van der Waals surface area contributed by atoms with E-state index in [1.165, 1.54) is 0 Å². The van der Waals surface area contributed by atoms with Crippen LogP contribution in [-0.2, 0) is 16.0 Å². The Bertz CT molecular complexity index is 746. The molecule has 1 fully saturated rings. The molecule has 1 aliphatic rings. The normalized spacial score (nSPS) is 22.0. The minimum atomic E-state index is -0.236. The second-order valence-corrected chi connectivity index (χ2v) is 5.78. The molecule has 116 valence electrons. The van der Waals surface area contributed by atoms with E-state index >= 15 is 0 Å². The highest BCUT2D eigenvalue weighted by molar-refractivity contribution is 5.88. The number of H-pyrrole nitrogens is 1. The Morgan fingerprint density at radius 2 is 1.91 bits per heavy atom. The van der Waals surface area contributed by atoms with Crippen LogP contribution in [-0.4, -0.2) is 46.3 Å². The second-order valence-electron chi connectivity index (χ2n) is 5.78. The number of aromatic nitrogens is 2. The molecule has 0 radical (unpaired) electrons. The van der Waals surface area contributed by atoms with Gasteiger partial charge in [0, 0.05) is 18.5 Å². The molecule has 1 aliphatic heterocycles. The van der Waals surface area contributed by atoms with Crippen molar-refractivity contribution in [2.24, 2.45) is 0 Å². The molecule has 0 bridgehead atoms. The predicted octanol–water partition coefficient (Wildman–Crippen LogP) is 1.10. The molecule has 0 saturated carbocycles. The fourth-order valence-electron chi connectivity index (χ4n) is 2.94. The molecule has 2 atom stereocenters. The first-order valence-electron chi connectivity index (χ1n) is 7.44. The Hall–Kier alpha value is -2.21. The molecule has 22 heavy (non-hydrogen) atoms. The van der Waals surface area contributed by atoms with Crippen LogP contribution in [0.25, 0.3) is 10.8 Å². The Morgan fingerprint density at radius 1 is 1.27 bits per heavy atom. The lowest BCUT2D eigenvalue weighted by Gasteiger charge is -2.35. The van der Waals surface area contributed by atoms with Gasteiger partial charge in [0.2, 0.25) is 5.91 Å². The molecule has 2 aromatic rings. The summed E-state index contributed by atoms with van der Waals surface area (Å²) in [4.78, 5) is 26.1. The van der Waals surface area contributed by atoms with Crippen LogP contribution in [0.2, 0.25) is 0 Å². The summed E-state index contributed by atoms with van der Waals surface area (Å²) in [6, 6.07) is 7.21. The van der Waals surface area contributed by atoms with Gasteiger partial charge in [-0.05, 0) is 19.9 Å². The van der Waals surface area contributed by atoms with Gasteiger partial charge in [0.15, 0.2) is 0 Å². The number of morpholine rings is 1. The monoisotopic (exact) mass is 301 g/mol. The van der Waals surface area contributed by atoms with Crippen molar-refractivity contribution in [1.82, 2.24) is 15.1 Å². The number of hydrogen-bond donors (Lipinski definition) is 1. The summed E-state index contributed by atoms with van der Waals surface area (Å²) in [6.45, 7) is 5.10. The van der Waals surface area contributed by atoms with Crippen molar-refractivity contribution in [3.8, 4) is 0 Å². The average molecular weight is 301 g/mol. The fourth-order valence-corrected chi connectivity index (χ4v) is 2.94. The molecule has 0 aliphatic carbocycles. The number of carbonyl (C=O) groups is 1. The molecule has 1 saturated heterocycles. The third kappa shape index (κ3) is 2.87. The van der Waals surface area contributed by atoms with Crippen LogP contribution in [0, 0.1) is 0 Å². The van der Waals surface area contributed by atoms with Gasteiger partial charge >= 0.3 is 0 Å². The van der Waals surface area contributed by atoms with Gasteiger partial charge in [-0.2, -0.15) is 5.10 Å². The smallest absolute Gasteiger partial charge is 0.272 e. The van der Waals surface area contributed by atoms with Crippen molar-refractivity contribution >= 4 is 16.7 Å². The number of ether oxygens (including phenoxy) is 1. The van der Waals surface area contributed by atoms with Gasteiger partial charge in [0.25, 0.3) is 5.56 Å². The minimum absolute atomic E-state index is 0.00621. The van der Waals surface area contributed by atoms with Crippen molar-refractivity contribution in [3.05, 3.63) is 40.3 Å². The van der Waals surface area contributed by atoms with Gasteiger partial charge in [-0.1, -0.05) is 18.2 Å². The Morgan fingerprint density at radius 3 is 2.59 bits per heavy atom. The first-order valence-corrected chi connectivity index (χ1v) is 7.44. The zero-order valence-corrected chi connectivity index (χ0v) is 12.7. The molecule has 0 spiro atoms. The summed E-state index contributed by atoms with van der Waals surface area (Å²) in [5, 5.41) is 7.82. The topological polar surface area (TPSA) is 75.3 Å². The Balaban J connectivity index is 1.86. The lowest BCUT2D eigenvalue weighted by Crippen LogP contribution is -2.48. The number of fused-ring (bicyclic) bond motifs is 1. The lowest BCUT2D eigenvalue weighted by atomic mass is 10.1. The maximum atomic E-state index is 12.5. The quantitative estimate of drug-likeness (QED) is 0.901. The molecule has 2 heterocycles. The first-order chi connectivity index (χ1) is 10.5. The van der Waals surface area contributed by atoms with E-state index in [2.05, 4.69) is 10.2 Å². The zero-order chi connectivity index (χ0) is 15.7. The molecule has 6 nitrogen and oxygen atoms in total. The summed E-state index contributed by atoms with van der Waals surface area (Å²) < 4.78 is 5.65. The fraction of sp³-hybridized carbons (Fsp3) is 0.438. The summed E-state index contributed by atoms with van der Waals surface area (Å²) in [5.74, 6) is 0.00621. The Labute approximate surface area is 128 Å². The second kappa shape index (κ2) is 5.88. The standard InChI is InChI=1S/C16H19N3O3/c1-10-8-19(9-11(2)22-10)15(20)7-14-12-5-3-4-6-13(12)16(21)18-17-14/h3-6,10-11H,7-9H2,1-2H3,(H,18,21)/t10-,11-/m0/s1. The van der Waals surface area contributed by atoms with Gasteiger partial charge in [0.05, 0.1) is 29.7 Å². The van der Waals surface area contributed by atoms with Gasteiger partial charge in [0.1, 0.15) is 0 Å². The highest BCUT2D eigenvalue weighted by atomic mass is 16.5. The minimum Gasteiger partial charge on any atom is -0.372 e. The Kier molecular flexibility index (Phi) is 3.94. The number of benzene rings is 1. The number of amides is 1. The predicted molar refractivity (Wildman–Crippen MR) is 82.7 cm³/mol.